The van der Waals surface area contributed by atoms with Crippen LogP contribution >= 0.6 is 0 Å². The Morgan fingerprint density at radius 2 is 1.96 bits per heavy atom. The van der Waals surface area contributed by atoms with Crippen molar-refractivity contribution in [3.8, 4) is 5.75 Å². The zero-order chi connectivity index (χ0) is 18.8. The third-order valence-electron chi connectivity index (χ3n) is 6.50. The number of ether oxygens (including phenoxy) is 2. The molecule has 3 aliphatic rings. The Bertz CT molecular complexity index is 672. The van der Waals surface area contributed by atoms with Gasteiger partial charge in [0.2, 0.25) is 5.91 Å². The van der Waals surface area contributed by atoms with E-state index < -0.39 is 0 Å². The lowest BCUT2D eigenvalue weighted by Gasteiger charge is -2.45. The summed E-state index contributed by atoms with van der Waals surface area (Å²) < 4.78 is 12.3. The molecule has 0 radical (unpaired) electrons. The van der Waals surface area contributed by atoms with Crippen molar-refractivity contribution < 1.29 is 14.3 Å². The molecule has 1 saturated carbocycles. The zero-order valence-electron chi connectivity index (χ0n) is 16.6. The van der Waals surface area contributed by atoms with Crippen LogP contribution < -0.4 is 15.0 Å². The predicted octanol–water partition coefficient (Wildman–Crippen LogP) is 3.82. The molecule has 27 heavy (non-hydrogen) atoms. The van der Waals surface area contributed by atoms with Crippen molar-refractivity contribution in [3.05, 3.63) is 23.8 Å². The van der Waals surface area contributed by atoms with Crippen molar-refractivity contribution in [1.29, 1.82) is 0 Å². The molecule has 0 unspecified atom stereocenters. The van der Waals surface area contributed by atoms with Crippen LogP contribution in [0.4, 0.5) is 5.69 Å². The third kappa shape index (κ3) is 3.93. The van der Waals surface area contributed by atoms with E-state index >= 15 is 0 Å². The van der Waals surface area contributed by atoms with Gasteiger partial charge < -0.3 is 19.7 Å². The molecule has 2 saturated heterocycles. The number of carbonyl (C=O) groups excluding carboxylic acids is 1. The fourth-order valence-corrected chi connectivity index (χ4v) is 5.19. The summed E-state index contributed by atoms with van der Waals surface area (Å²) in [5.74, 6) is 1.40. The molecule has 1 aromatic carbocycles. The van der Waals surface area contributed by atoms with Crippen LogP contribution in [0.1, 0.15) is 63.5 Å². The van der Waals surface area contributed by atoms with E-state index in [1.54, 1.807) is 14.0 Å². The number of hydrogen-bond acceptors (Lipinski definition) is 4. The van der Waals surface area contributed by atoms with Gasteiger partial charge in [-0.1, -0.05) is 18.9 Å². The number of hydrogen-bond donors (Lipinski definition) is 1. The summed E-state index contributed by atoms with van der Waals surface area (Å²) in [6, 6.07) is 6.72. The number of anilines is 1. The second-order valence-corrected chi connectivity index (χ2v) is 8.27. The summed E-state index contributed by atoms with van der Waals surface area (Å²) in [7, 11) is 1.74. The molecule has 1 aliphatic carbocycles. The normalized spacial score (nSPS) is 30.7. The topological polar surface area (TPSA) is 50.8 Å². The van der Waals surface area contributed by atoms with Gasteiger partial charge in [-0.25, -0.2) is 0 Å². The summed E-state index contributed by atoms with van der Waals surface area (Å²) in [6.45, 7) is 3.86. The Kier molecular flexibility index (Phi) is 5.58. The largest absolute Gasteiger partial charge is 0.496 e. The van der Waals surface area contributed by atoms with E-state index in [-0.39, 0.29) is 24.2 Å². The van der Waals surface area contributed by atoms with Crippen LogP contribution in [-0.4, -0.2) is 38.3 Å². The average molecular weight is 373 g/mol. The molecular formula is C22H32N2O3. The fraction of sp³-hybridized carbons (Fsp3) is 0.682. The molecule has 2 heterocycles. The van der Waals surface area contributed by atoms with Gasteiger partial charge in [-0.15, -0.1) is 0 Å². The van der Waals surface area contributed by atoms with Crippen LogP contribution in [0.3, 0.4) is 0 Å². The van der Waals surface area contributed by atoms with Crippen molar-refractivity contribution in [3.63, 3.8) is 0 Å². The van der Waals surface area contributed by atoms with Gasteiger partial charge in [0.1, 0.15) is 5.75 Å². The van der Waals surface area contributed by atoms with E-state index in [1.165, 1.54) is 31.4 Å². The summed E-state index contributed by atoms with van der Waals surface area (Å²) in [6.07, 6.45) is 8.24. The van der Waals surface area contributed by atoms with Crippen LogP contribution in [0.2, 0.25) is 0 Å². The molecule has 4 rings (SSSR count). The van der Waals surface area contributed by atoms with Gasteiger partial charge >= 0.3 is 0 Å². The molecule has 148 valence electrons. The van der Waals surface area contributed by atoms with Crippen LogP contribution in [0.15, 0.2) is 18.2 Å². The van der Waals surface area contributed by atoms with E-state index in [1.807, 2.05) is 0 Å². The Labute approximate surface area is 162 Å². The first-order valence-corrected chi connectivity index (χ1v) is 10.5. The number of nitrogens with zero attached hydrogens (tertiary/aromatic N) is 1. The first kappa shape index (κ1) is 18.6. The lowest BCUT2D eigenvalue weighted by atomic mass is 9.76. The minimum absolute atomic E-state index is 0.0243. The molecule has 1 N–H and O–H groups in total. The number of methoxy groups -OCH3 is 1. The molecular weight excluding hydrogens is 340 g/mol. The standard InChI is InChI=1S/C22H32N2O3/c1-15(25)23-19-14-22(27-20-8-4-3-7-17(19)20)18-10-9-16(13-21(18)26-2)24-11-5-6-12-24/h9-10,13,17,19-20,22H,3-8,11-12,14H2,1-2H3,(H,23,25)/t17-,19+,20+,22+/m0/s1. The highest BCUT2D eigenvalue weighted by Crippen LogP contribution is 2.44. The summed E-state index contributed by atoms with van der Waals surface area (Å²) in [4.78, 5) is 14.2. The van der Waals surface area contributed by atoms with Gasteiger partial charge in [0.05, 0.1) is 19.3 Å². The highest BCUT2D eigenvalue weighted by atomic mass is 16.5. The van der Waals surface area contributed by atoms with Crippen LogP contribution in [0.25, 0.3) is 0 Å². The van der Waals surface area contributed by atoms with Crippen molar-refractivity contribution >= 4 is 11.6 Å². The van der Waals surface area contributed by atoms with Gasteiger partial charge in [0.25, 0.3) is 0 Å². The van der Waals surface area contributed by atoms with Crippen LogP contribution in [0.5, 0.6) is 5.75 Å². The second-order valence-electron chi connectivity index (χ2n) is 8.27. The second kappa shape index (κ2) is 8.09. The lowest BCUT2D eigenvalue weighted by molar-refractivity contribution is -0.131. The van der Waals surface area contributed by atoms with E-state index in [0.29, 0.717) is 5.92 Å². The van der Waals surface area contributed by atoms with Crippen LogP contribution in [-0.2, 0) is 9.53 Å². The van der Waals surface area contributed by atoms with E-state index in [2.05, 4.69) is 28.4 Å². The quantitative estimate of drug-likeness (QED) is 0.873. The minimum Gasteiger partial charge on any atom is -0.496 e. The number of fused-ring (bicyclic) bond motifs is 1. The molecule has 5 heteroatoms. The first-order valence-electron chi connectivity index (χ1n) is 10.5. The number of benzene rings is 1. The molecule has 4 atom stereocenters. The summed E-state index contributed by atoms with van der Waals surface area (Å²) in [5.41, 5.74) is 2.35. The highest BCUT2D eigenvalue weighted by Gasteiger charge is 2.41. The highest BCUT2D eigenvalue weighted by molar-refractivity contribution is 5.73. The number of nitrogens with one attached hydrogen (secondary N) is 1. The maximum absolute atomic E-state index is 11.8. The molecule has 0 spiro atoms. The van der Waals surface area contributed by atoms with Gasteiger partial charge in [-0.2, -0.15) is 0 Å². The monoisotopic (exact) mass is 372 g/mol. The molecule has 0 aromatic heterocycles. The minimum atomic E-state index is -0.0243. The van der Waals surface area contributed by atoms with Gasteiger partial charge in [0.15, 0.2) is 0 Å². The van der Waals surface area contributed by atoms with Crippen molar-refractivity contribution in [1.82, 2.24) is 5.32 Å². The maximum Gasteiger partial charge on any atom is 0.217 e. The zero-order valence-corrected chi connectivity index (χ0v) is 16.6. The van der Waals surface area contributed by atoms with Crippen molar-refractivity contribution in [2.45, 2.75) is 70.1 Å². The molecule has 0 bridgehead atoms. The van der Waals surface area contributed by atoms with E-state index in [9.17, 15) is 4.79 Å². The Morgan fingerprint density at radius 3 is 2.70 bits per heavy atom. The average Bonchev–Trinajstić information content (AvgIpc) is 3.22. The SMILES string of the molecule is COc1cc(N2CCCC2)ccc1[C@H]1C[C@@H](NC(C)=O)[C@@H]2CCCC[C@H]2O1. The Hall–Kier alpha value is -1.75. The molecule has 5 nitrogen and oxygen atoms in total. The number of amides is 1. The molecule has 1 aromatic rings. The Balaban J connectivity index is 1.58. The molecule has 2 aliphatic heterocycles. The van der Waals surface area contributed by atoms with Crippen molar-refractivity contribution in [2.75, 3.05) is 25.1 Å². The molecule has 3 fully saturated rings. The van der Waals surface area contributed by atoms with Gasteiger partial charge in [0, 0.05) is 49.3 Å². The van der Waals surface area contributed by atoms with Gasteiger partial charge in [-0.05, 0) is 38.2 Å². The fourth-order valence-electron chi connectivity index (χ4n) is 5.19. The third-order valence-corrected chi connectivity index (χ3v) is 6.50. The lowest BCUT2D eigenvalue weighted by Crippen LogP contribution is -2.50. The van der Waals surface area contributed by atoms with Crippen molar-refractivity contribution in [2.24, 2.45) is 5.92 Å². The summed E-state index contributed by atoms with van der Waals surface area (Å²) >= 11 is 0. The van der Waals surface area contributed by atoms with E-state index in [0.717, 1.165) is 43.7 Å². The smallest absolute Gasteiger partial charge is 0.217 e. The van der Waals surface area contributed by atoms with Crippen LogP contribution in [0, 0.1) is 5.92 Å². The predicted molar refractivity (Wildman–Crippen MR) is 106 cm³/mol. The first-order chi connectivity index (χ1) is 13.2. The summed E-state index contributed by atoms with van der Waals surface area (Å²) in [5, 5.41) is 3.21. The number of rotatable bonds is 4. The Morgan fingerprint density at radius 1 is 1.19 bits per heavy atom. The van der Waals surface area contributed by atoms with Gasteiger partial charge in [-0.3, -0.25) is 4.79 Å². The number of carbonyl (C=O) groups is 1. The maximum atomic E-state index is 11.8. The molecule has 1 amide bonds. The van der Waals surface area contributed by atoms with E-state index in [4.69, 9.17) is 9.47 Å².